The Kier molecular flexibility index (Phi) is 5.47. The van der Waals surface area contributed by atoms with Crippen molar-refractivity contribution in [2.75, 3.05) is 26.2 Å². The van der Waals surface area contributed by atoms with Crippen molar-refractivity contribution < 1.29 is 9.72 Å². The van der Waals surface area contributed by atoms with Crippen LogP contribution in [0, 0.1) is 10.1 Å². The number of carbonyl (C=O) groups is 1. The van der Waals surface area contributed by atoms with Gasteiger partial charge in [0.15, 0.2) is 0 Å². The average Bonchev–Trinajstić information content (AvgIpc) is 3.40. The second-order valence-corrected chi connectivity index (χ2v) is 8.37. The highest BCUT2D eigenvalue weighted by molar-refractivity contribution is 7.14. The number of non-ortho nitro benzene ring substituents is 1. The number of nitro groups is 1. The van der Waals surface area contributed by atoms with Crippen LogP contribution in [0.3, 0.4) is 0 Å². The molecule has 0 spiro atoms. The van der Waals surface area contributed by atoms with Crippen LogP contribution in [0.5, 0.6) is 0 Å². The predicted molar refractivity (Wildman–Crippen MR) is 110 cm³/mol. The lowest BCUT2D eigenvalue weighted by molar-refractivity contribution is -0.384. The summed E-state index contributed by atoms with van der Waals surface area (Å²) in [5.74, 6) is -0.155. The van der Waals surface area contributed by atoms with Gasteiger partial charge in [-0.25, -0.2) is 4.98 Å². The van der Waals surface area contributed by atoms with Crippen molar-refractivity contribution in [1.29, 1.82) is 0 Å². The summed E-state index contributed by atoms with van der Waals surface area (Å²) in [7, 11) is 0. The normalized spacial score (nSPS) is 14.9. The standard InChI is InChI=1S/C19H18N4O3S2/c24-19(14-3-1-4-15(11-14)23(25)26)22-8-6-21(7-9-22)12-18-20-16(13-28-18)17-5-2-10-27-17/h1-5,10-11,13H,6-9,12H2. The number of carbonyl (C=O) groups excluding carboxylic acids is 1. The van der Waals surface area contributed by atoms with Crippen LogP contribution in [0.25, 0.3) is 10.6 Å². The Morgan fingerprint density at radius 3 is 2.68 bits per heavy atom. The Hall–Kier alpha value is -2.62. The number of benzene rings is 1. The monoisotopic (exact) mass is 414 g/mol. The first-order valence-electron chi connectivity index (χ1n) is 8.84. The fraction of sp³-hybridized carbons (Fsp3) is 0.263. The molecule has 9 heteroatoms. The van der Waals surface area contributed by atoms with Crippen LogP contribution < -0.4 is 0 Å². The average molecular weight is 415 g/mol. The number of aromatic nitrogens is 1. The first kappa shape index (κ1) is 18.7. The highest BCUT2D eigenvalue weighted by Crippen LogP contribution is 2.26. The fourth-order valence-electron chi connectivity index (χ4n) is 3.16. The second-order valence-electron chi connectivity index (χ2n) is 6.48. The summed E-state index contributed by atoms with van der Waals surface area (Å²) in [4.78, 5) is 33.0. The van der Waals surface area contributed by atoms with E-state index in [2.05, 4.69) is 16.3 Å². The van der Waals surface area contributed by atoms with Gasteiger partial charge in [-0.1, -0.05) is 12.1 Å². The Bertz CT molecular complexity index is 979. The summed E-state index contributed by atoms with van der Waals surface area (Å²) in [5, 5.41) is 16.1. The van der Waals surface area contributed by atoms with Crippen molar-refractivity contribution in [3.05, 3.63) is 67.8 Å². The SMILES string of the molecule is O=C(c1cccc([N+](=O)[O-])c1)N1CCN(Cc2nc(-c3cccs3)cs2)CC1. The zero-order chi connectivity index (χ0) is 19.5. The molecule has 1 saturated heterocycles. The van der Waals surface area contributed by atoms with Gasteiger partial charge in [0.05, 0.1) is 22.0 Å². The Morgan fingerprint density at radius 1 is 1.14 bits per heavy atom. The maximum absolute atomic E-state index is 12.6. The van der Waals surface area contributed by atoms with Gasteiger partial charge in [-0.3, -0.25) is 19.8 Å². The number of hydrogen-bond donors (Lipinski definition) is 0. The van der Waals surface area contributed by atoms with Crippen molar-refractivity contribution in [2.24, 2.45) is 0 Å². The van der Waals surface area contributed by atoms with E-state index in [1.54, 1.807) is 39.7 Å². The number of thiazole rings is 1. The molecular formula is C19H18N4O3S2. The van der Waals surface area contributed by atoms with Crippen molar-refractivity contribution in [2.45, 2.75) is 6.54 Å². The molecule has 1 aliphatic heterocycles. The topological polar surface area (TPSA) is 79.6 Å². The minimum atomic E-state index is -0.479. The van der Waals surface area contributed by atoms with Gasteiger partial charge in [0.25, 0.3) is 11.6 Å². The quantitative estimate of drug-likeness (QED) is 0.469. The van der Waals surface area contributed by atoms with Gasteiger partial charge in [-0.05, 0) is 17.5 Å². The van der Waals surface area contributed by atoms with Crippen LogP contribution >= 0.6 is 22.7 Å². The number of piperazine rings is 1. The van der Waals surface area contributed by atoms with E-state index in [9.17, 15) is 14.9 Å². The highest BCUT2D eigenvalue weighted by atomic mass is 32.1. The number of rotatable bonds is 5. The van der Waals surface area contributed by atoms with Crippen LogP contribution in [0.2, 0.25) is 0 Å². The third-order valence-electron chi connectivity index (χ3n) is 4.65. The number of nitro benzene ring substituents is 1. The van der Waals surface area contributed by atoms with Gasteiger partial charge >= 0.3 is 0 Å². The summed E-state index contributed by atoms with van der Waals surface area (Å²) in [6, 6.07) is 10.0. The van der Waals surface area contributed by atoms with Gasteiger partial charge in [0.2, 0.25) is 0 Å². The van der Waals surface area contributed by atoms with Crippen LogP contribution in [-0.4, -0.2) is 51.8 Å². The van der Waals surface area contributed by atoms with E-state index in [0.29, 0.717) is 18.7 Å². The lowest BCUT2D eigenvalue weighted by Crippen LogP contribution is -2.48. The summed E-state index contributed by atoms with van der Waals surface area (Å²) in [6.07, 6.45) is 0. The molecule has 1 aromatic carbocycles. The first-order chi connectivity index (χ1) is 13.6. The highest BCUT2D eigenvalue weighted by Gasteiger charge is 2.24. The van der Waals surface area contributed by atoms with Crippen LogP contribution in [0.1, 0.15) is 15.4 Å². The molecule has 3 aromatic rings. The minimum Gasteiger partial charge on any atom is -0.336 e. The molecule has 0 unspecified atom stereocenters. The van der Waals surface area contributed by atoms with Crippen molar-refractivity contribution in [1.82, 2.24) is 14.8 Å². The van der Waals surface area contributed by atoms with Crippen molar-refractivity contribution in [3.63, 3.8) is 0 Å². The molecule has 0 aliphatic carbocycles. The molecule has 0 bridgehead atoms. The van der Waals surface area contributed by atoms with Gasteiger partial charge in [-0.15, -0.1) is 22.7 Å². The largest absolute Gasteiger partial charge is 0.336 e. The summed E-state index contributed by atoms with van der Waals surface area (Å²) in [5.41, 5.74) is 1.33. The second kappa shape index (κ2) is 8.17. The number of hydrogen-bond acceptors (Lipinski definition) is 7. The van der Waals surface area contributed by atoms with Gasteiger partial charge in [0.1, 0.15) is 5.01 Å². The smallest absolute Gasteiger partial charge is 0.270 e. The third kappa shape index (κ3) is 4.11. The molecule has 3 heterocycles. The fourth-order valence-corrected chi connectivity index (χ4v) is 4.75. The molecule has 0 atom stereocenters. The summed E-state index contributed by atoms with van der Waals surface area (Å²) >= 11 is 3.34. The third-order valence-corrected chi connectivity index (χ3v) is 6.37. The Balaban J connectivity index is 1.34. The molecule has 0 saturated carbocycles. The lowest BCUT2D eigenvalue weighted by Gasteiger charge is -2.34. The van der Waals surface area contributed by atoms with E-state index in [-0.39, 0.29) is 11.6 Å². The zero-order valence-corrected chi connectivity index (χ0v) is 16.6. The predicted octanol–water partition coefficient (Wildman–Crippen LogP) is 3.74. The molecule has 1 aliphatic rings. The molecule has 1 amide bonds. The lowest BCUT2D eigenvalue weighted by atomic mass is 10.1. The Labute approximate surface area is 170 Å². The van der Waals surface area contributed by atoms with Crippen molar-refractivity contribution in [3.8, 4) is 10.6 Å². The molecule has 0 radical (unpaired) electrons. The maximum atomic E-state index is 12.6. The van der Waals surface area contributed by atoms with Crippen LogP contribution in [-0.2, 0) is 6.54 Å². The van der Waals surface area contributed by atoms with E-state index >= 15 is 0 Å². The number of thiophene rings is 1. The maximum Gasteiger partial charge on any atom is 0.270 e. The molecule has 144 valence electrons. The molecule has 1 fully saturated rings. The molecule has 2 aromatic heterocycles. The molecule has 4 rings (SSSR count). The van der Waals surface area contributed by atoms with E-state index < -0.39 is 4.92 Å². The van der Waals surface area contributed by atoms with Crippen LogP contribution in [0.15, 0.2) is 47.2 Å². The van der Waals surface area contributed by atoms with Crippen LogP contribution in [0.4, 0.5) is 5.69 Å². The van der Waals surface area contributed by atoms with Gasteiger partial charge in [0, 0.05) is 49.3 Å². The summed E-state index contributed by atoms with van der Waals surface area (Å²) < 4.78 is 0. The zero-order valence-electron chi connectivity index (χ0n) is 15.0. The van der Waals surface area contributed by atoms with Crippen molar-refractivity contribution >= 4 is 34.3 Å². The molecule has 28 heavy (non-hydrogen) atoms. The summed E-state index contributed by atoms with van der Waals surface area (Å²) in [6.45, 7) is 3.49. The molecule has 7 nitrogen and oxygen atoms in total. The number of amides is 1. The number of nitrogens with zero attached hydrogens (tertiary/aromatic N) is 4. The van der Waals surface area contributed by atoms with E-state index in [4.69, 9.17) is 4.98 Å². The van der Waals surface area contributed by atoms with E-state index in [1.165, 1.54) is 17.0 Å². The Morgan fingerprint density at radius 2 is 1.96 bits per heavy atom. The van der Waals surface area contributed by atoms with E-state index in [0.717, 1.165) is 30.3 Å². The molecular weight excluding hydrogens is 396 g/mol. The molecule has 0 N–H and O–H groups in total. The van der Waals surface area contributed by atoms with Gasteiger partial charge < -0.3 is 4.90 Å². The van der Waals surface area contributed by atoms with Gasteiger partial charge in [-0.2, -0.15) is 0 Å². The minimum absolute atomic E-state index is 0.0604. The van der Waals surface area contributed by atoms with E-state index in [1.807, 2.05) is 11.4 Å². The first-order valence-corrected chi connectivity index (χ1v) is 10.6.